The van der Waals surface area contributed by atoms with Crippen molar-refractivity contribution in [1.29, 1.82) is 0 Å². The predicted octanol–water partition coefficient (Wildman–Crippen LogP) is 2.23. The van der Waals surface area contributed by atoms with Gasteiger partial charge in [0.05, 0.1) is 0 Å². The minimum Gasteiger partial charge on any atom is -0.326 e. The van der Waals surface area contributed by atoms with Gasteiger partial charge in [0.2, 0.25) is 0 Å². The maximum atomic E-state index is 6.30. The van der Waals surface area contributed by atoms with Crippen molar-refractivity contribution in [2.45, 2.75) is 58.5 Å². The fourth-order valence-electron chi connectivity index (χ4n) is 2.27. The van der Waals surface area contributed by atoms with Gasteiger partial charge in [-0.05, 0) is 39.3 Å². The first kappa shape index (κ1) is 12.0. The average Bonchev–Trinajstić information content (AvgIpc) is 2.89. The zero-order valence-corrected chi connectivity index (χ0v) is 10.2. The van der Waals surface area contributed by atoms with Gasteiger partial charge in [-0.15, -0.1) is 0 Å². The fraction of sp³-hybridized carbons (Fsp3) is 1.00. The number of nitrogens with two attached hydrogens (primary N) is 1. The summed E-state index contributed by atoms with van der Waals surface area (Å²) in [5, 5.41) is 0. The summed E-state index contributed by atoms with van der Waals surface area (Å²) in [7, 11) is 0. The van der Waals surface area contributed by atoms with Crippen molar-refractivity contribution in [3.63, 3.8) is 0 Å². The highest BCUT2D eigenvalue weighted by Crippen LogP contribution is 2.36. The summed E-state index contributed by atoms with van der Waals surface area (Å²) in [6, 6.07) is 0.329. The summed E-state index contributed by atoms with van der Waals surface area (Å²) in [5.41, 5.74) is 6.46. The van der Waals surface area contributed by atoms with Crippen LogP contribution in [0.3, 0.4) is 0 Å². The number of hydrogen-bond acceptors (Lipinski definition) is 2. The van der Waals surface area contributed by atoms with Crippen molar-refractivity contribution < 1.29 is 0 Å². The molecule has 1 saturated carbocycles. The molecule has 1 rings (SSSR count). The van der Waals surface area contributed by atoms with Crippen molar-refractivity contribution in [3.8, 4) is 0 Å². The summed E-state index contributed by atoms with van der Waals surface area (Å²) in [6.45, 7) is 11.2. The van der Waals surface area contributed by atoms with E-state index in [2.05, 4.69) is 32.6 Å². The maximum Gasteiger partial charge on any atom is 0.0303 e. The molecule has 84 valence electrons. The second-order valence-electron chi connectivity index (χ2n) is 5.11. The van der Waals surface area contributed by atoms with Crippen molar-refractivity contribution in [2.75, 3.05) is 13.1 Å². The average molecular weight is 198 g/mol. The van der Waals surface area contributed by atoms with Crippen LogP contribution < -0.4 is 5.73 Å². The summed E-state index contributed by atoms with van der Waals surface area (Å²) < 4.78 is 0. The van der Waals surface area contributed by atoms with E-state index in [1.165, 1.54) is 19.3 Å². The fourth-order valence-corrected chi connectivity index (χ4v) is 2.27. The molecule has 0 radical (unpaired) electrons. The number of likely N-dealkylation sites (N-methyl/N-ethyl adjacent to an activating group) is 1. The van der Waals surface area contributed by atoms with Gasteiger partial charge in [0.25, 0.3) is 0 Å². The molecule has 0 aromatic carbocycles. The Morgan fingerprint density at radius 2 is 1.79 bits per heavy atom. The normalized spacial score (nSPS) is 20.1. The minimum atomic E-state index is 0.159. The van der Waals surface area contributed by atoms with Crippen LogP contribution in [0.4, 0.5) is 0 Å². The first-order valence-electron chi connectivity index (χ1n) is 6.03. The van der Waals surface area contributed by atoms with Crippen LogP contribution in [0.1, 0.15) is 47.0 Å². The molecule has 14 heavy (non-hydrogen) atoms. The van der Waals surface area contributed by atoms with Gasteiger partial charge in [0.1, 0.15) is 0 Å². The molecule has 0 heterocycles. The van der Waals surface area contributed by atoms with Crippen molar-refractivity contribution >= 4 is 0 Å². The van der Waals surface area contributed by atoms with E-state index in [1.54, 1.807) is 0 Å². The van der Waals surface area contributed by atoms with E-state index in [0.717, 1.165) is 19.0 Å². The minimum absolute atomic E-state index is 0.159. The molecule has 0 aromatic heterocycles. The van der Waals surface area contributed by atoms with E-state index >= 15 is 0 Å². The highest BCUT2D eigenvalue weighted by molar-refractivity contribution is 4.94. The summed E-state index contributed by atoms with van der Waals surface area (Å²) in [4.78, 5) is 2.47. The van der Waals surface area contributed by atoms with Crippen molar-refractivity contribution in [3.05, 3.63) is 0 Å². The Morgan fingerprint density at radius 1 is 1.29 bits per heavy atom. The number of rotatable bonds is 6. The lowest BCUT2D eigenvalue weighted by atomic mass is 9.89. The molecule has 0 aromatic rings. The van der Waals surface area contributed by atoms with E-state index in [-0.39, 0.29) is 5.54 Å². The van der Waals surface area contributed by atoms with E-state index in [1.807, 2.05) is 0 Å². The van der Waals surface area contributed by atoms with E-state index in [4.69, 9.17) is 5.73 Å². The van der Waals surface area contributed by atoms with Gasteiger partial charge in [0, 0.05) is 11.6 Å². The van der Waals surface area contributed by atoms with Gasteiger partial charge in [0.15, 0.2) is 0 Å². The summed E-state index contributed by atoms with van der Waals surface area (Å²) >= 11 is 0. The van der Waals surface area contributed by atoms with Crippen LogP contribution in [0, 0.1) is 5.92 Å². The van der Waals surface area contributed by atoms with Gasteiger partial charge in [-0.1, -0.05) is 26.7 Å². The molecule has 1 unspecified atom stereocenters. The lowest BCUT2D eigenvalue weighted by Gasteiger charge is -2.42. The molecule has 0 amide bonds. The number of nitrogens with zero attached hydrogens (tertiary/aromatic N) is 1. The molecule has 0 spiro atoms. The van der Waals surface area contributed by atoms with E-state index in [9.17, 15) is 0 Å². The molecule has 0 bridgehead atoms. The molecule has 1 aliphatic carbocycles. The maximum absolute atomic E-state index is 6.30. The van der Waals surface area contributed by atoms with Gasteiger partial charge in [-0.25, -0.2) is 0 Å². The van der Waals surface area contributed by atoms with Gasteiger partial charge < -0.3 is 5.73 Å². The molecule has 2 nitrogen and oxygen atoms in total. The van der Waals surface area contributed by atoms with Gasteiger partial charge in [-0.2, -0.15) is 0 Å². The molecular weight excluding hydrogens is 172 g/mol. The molecule has 0 aliphatic heterocycles. The largest absolute Gasteiger partial charge is 0.326 e. The Balaban J connectivity index is 2.50. The first-order chi connectivity index (χ1) is 6.52. The van der Waals surface area contributed by atoms with Gasteiger partial charge >= 0.3 is 0 Å². The van der Waals surface area contributed by atoms with Crippen molar-refractivity contribution in [1.82, 2.24) is 4.90 Å². The smallest absolute Gasteiger partial charge is 0.0303 e. The van der Waals surface area contributed by atoms with E-state index < -0.39 is 0 Å². The van der Waals surface area contributed by atoms with Gasteiger partial charge in [-0.3, -0.25) is 4.90 Å². The molecule has 1 aliphatic rings. The molecule has 0 saturated heterocycles. The van der Waals surface area contributed by atoms with Crippen molar-refractivity contribution in [2.24, 2.45) is 11.7 Å². The van der Waals surface area contributed by atoms with Crippen LogP contribution in [0.2, 0.25) is 0 Å². The topological polar surface area (TPSA) is 29.3 Å². The van der Waals surface area contributed by atoms with E-state index in [0.29, 0.717) is 6.04 Å². The lowest BCUT2D eigenvalue weighted by molar-refractivity contribution is 0.101. The Hall–Kier alpha value is -0.0800. The molecule has 1 atom stereocenters. The zero-order valence-electron chi connectivity index (χ0n) is 10.2. The highest BCUT2D eigenvalue weighted by Gasteiger charge is 2.35. The quantitative estimate of drug-likeness (QED) is 0.709. The Bertz CT molecular complexity index is 169. The summed E-state index contributed by atoms with van der Waals surface area (Å²) in [6.07, 6.45) is 4.02. The monoisotopic (exact) mass is 198 g/mol. The van der Waals surface area contributed by atoms with Crippen LogP contribution in [0.25, 0.3) is 0 Å². The predicted molar refractivity (Wildman–Crippen MR) is 62.3 cm³/mol. The van der Waals surface area contributed by atoms with Crippen LogP contribution in [0.15, 0.2) is 0 Å². The second-order valence-corrected chi connectivity index (χ2v) is 5.11. The third-order valence-corrected chi connectivity index (χ3v) is 3.77. The summed E-state index contributed by atoms with van der Waals surface area (Å²) in [5.74, 6) is 0.930. The zero-order chi connectivity index (χ0) is 10.8. The molecule has 2 heteroatoms. The molecule has 1 fully saturated rings. The standard InChI is InChI=1S/C12H26N2/c1-5-14(6-2)12(3,4)11(13)9-10-7-8-10/h10-11H,5-9,13H2,1-4H3. The van der Waals surface area contributed by atoms with Crippen LogP contribution in [0.5, 0.6) is 0 Å². The lowest BCUT2D eigenvalue weighted by Crippen LogP contribution is -2.56. The van der Waals surface area contributed by atoms with Crippen LogP contribution in [-0.4, -0.2) is 29.6 Å². The van der Waals surface area contributed by atoms with Crippen LogP contribution >= 0.6 is 0 Å². The molecular formula is C12H26N2. The molecule has 2 N–H and O–H groups in total. The Labute approximate surface area is 88.8 Å². The van der Waals surface area contributed by atoms with Crippen LogP contribution in [-0.2, 0) is 0 Å². The SMILES string of the molecule is CCN(CC)C(C)(C)C(N)CC1CC1. The second kappa shape index (κ2) is 4.63. The third-order valence-electron chi connectivity index (χ3n) is 3.77. The Kier molecular flexibility index (Phi) is 3.96. The first-order valence-corrected chi connectivity index (χ1v) is 6.03. The third kappa shape index (κ3) is 2.71. The highest BCUT2D eigenvalue weighted by atomic mass is 15.2. The Morgan fingerprint density at radius 3 is 2.14 bits per heavy atom. The number of hydrogen-bond donors (Lipinski definition) is 1.